The van der Waals surface area contributed by atoms with Crippen LogP contribution in [-0.4, -0.2) is 43.6 Å². The number of oxime groups is 1. The number of hydrogen-bond donors (Lipinski definition) is 2. The lowest BCUT2D eigenvalue weighted by molar-refractivity contribution is -0.275. The molecule has 5 nitrogen and oxygen atoms in total. The maximum absolute atomic E-state index is 14.2. The van der Waals surface area contributed by atoms with E-state index in [1.54, 1.807) is 26.8 Å². The summed E-state index contributed by atoms with van der Waals surface area (Å²) in [6.07, 6.45) is -9.60. The molecule has 2 aromatic rings. The van der Waals surface area contributed by atoms with Crippen LogP contribution in [0.1, 0.15) is 44.6 Å². The second-order valence-electron chi connectivity index (χ2n) is 8.58. The van der Waals surface area contributed by atoms with Gasteiger partial charge in [0.15, 0.2) is 0 Å². The minimum absolute atomic E-state index is 0.0271. The summed E-state index contributed by atoms with van der Waals surface area (Å²) in [5, 5.41) is 8.44. The molecule has 2 aromatic carbocycles. The lowest BCUT2D eigenvalue weighted by atomic mass is 9.85. The van der Waals surface area contributed by atoms with Gasteiger partial charge < -0.3 is 15.5 Å². The standard InChI is InChI=1S/C24H25F6N3O2/c1-14-8-15(2)10-18(9-14)22(24(28,29)30)12-20(33-35-22)17-4-5-19(16(3)11-17)21(34)32-7-6-31-13-23(25,26)27/h4-5,8-11,31H,6-7,12-13H2,1-3H3,(H,32,34). The van der Waals surface area contributed by atoms with Gasteiger partial charge in [-0.15, -0.1) is 0 Å². The molecule has 1 aliphatic rings. The van der Waals surface area contributed by atoms with Crippen molar-refractivity contribution in [1.82, 2.24) is 10.6 Å². The predicted molar refractivity (Wildman–Crippen MR) is 118 cm³/mol. The minimum atomic E-state index is -4.73. The van der Waals surface area contributed by atoms with Crippen LogP contribution in [0.15, 0.2) is 41.6 Å². The summed E-state index contributed by atoms with van der Waals surface area (Å²) in [7, 11) is 0. The summed E-state index contributed by atoms with van der Waals surface area (Å²) >= 11 is 0. The van der Waals surface area contributed by atoms with Gasteiger partial charge >= 0.3 is 12.4 Å². The smallest absolute Gasteiger partial charge is 0.374 e. The number of nitrogens with one attached hydrogen (secondary N) is 2. The van der Waals surface area contributed by atoms with Crippen LogP contribution in [0.3, 0.4) is 0 Å². The zero-order chi connectivity index (χ0) is 26.0. The summed E-state index contributed by atoms with van der Waals surface area (Å²) < 4.78 is 79.1. The van der Waals surface area contributed by atoms with E-state index in [1.165, 1.54) is 30.3 Å². The third-order valence-electron chi connectivity index (χ3n) is 5.59. The first-order valence-corrected chi connectivity index (χ1v) is 10.8. The van der Waals surface area contributed by atoms with Crippen LogP contribution in [0, 0.1) is 20.8 Å². The van der Waals surface area contributed by atoms with E-state index in [0.29, 0.717) is 22.3 Å². The Morgan fingerprint density at radius 3 is 2.23 bits per heavy atom. The number of carbonyl (C=O) groups excluding carboxylic acids is 1. The van der Waals surface area contributed by atoms with Crippen LogP contribution in [-0.2, 0) is 10.4 Å². The zero-order valence-corrected chi connectivity index (χ0v) is 19.3. The first kappa shape index (κ1) is 26.5. The Bertz CT molecular complexity index is 1110. The van der Waals surface area contributed by atoms with E-state index in [0.717, 1.165) is 0 Å². The fourth-order valence-corrected chi connectivity index (χ4v) is 3.95. The molecule has 1 aliphatic heterocycles. The van der Waals surface area contributed by atoms with Crippen molar-refractivity contribution in [2.24, 2.45) is 5.16 Å². The molecule has 2 N–H and O–H groups in total. The van der Waals surface area contributed by atoms with Gasteiger partial charge in [0, 0.05) is 30.6 Å². The number of aryl methyl sites for hydroxylation is 3. The lowest BCUT2D eigenvalue weighted by Crippen LogP contribution is -2.42. The molecule has 1 atom stereocenters. The van der Waals surface area contributed by atoms with Crippen LogP contribution < -0.4 is 10.6 Å². The monoisotopic (exact) mass is 501 g/mol. The number of nitrogens with zero attached hydrogens (tertiary/aromatic N) is 1. The largest absolute Gasteiger partial charge is 0.435 e. The Kier molecular flexibility index (Phi) is 7.49. The average molecular weight is 501 g/mol. The molecule has 11 heteroatoms. The number of hydrogen-bond acceptors (Lipinski definition) is 4. The molecule has 0 radical (unpaired) electrons. The van der Waals surface area contributed by atoms with E-state index in [4.69, 9.17) is 4.84 Å². The molecule has 1 amide bonds. The number of amides is 1. The van der Waals surface area contributed by atoms with Crippen molar-refractivity contribution in [3.05, 3.63) is 69.8 Å². The Morgan fingerprint density at radius 2 is 1.66 bits per heavy atom. The van der Waals surface area contributed by atoms with Gasteiger partial charge in [-0.2, -0.15) is 26.3 Å². The van der Waals surface area contributed by atoms with E-state index in [2.05, 4.69) is 15.8 Å². The van der Waals surface area contributed by atoms with Gasteiger partial charge in [0.2, 0.25) is 0 Å². The molecule has 0 spiro atoms. The molecule has 1 unspecified atom stereocenters. The Morgan fingerprint density at radius 1 is 1.00 bits per heavy atom. The van der Waals surface area contributed by atoms with Gasteiger partial charge in [-0.3, -0.25) is 4.79 Å². The van der Waals surface area contributed by atoms with Gasteiger partial charge in [-0.05, 0) is 44.0 Å². The third-order valence-corrected chi connectivity index (χ3v) is 5.59. The lowest BCUT2D eigenvalue weighted by Gasteiger charge is -2.30. The summed E-state index contributed by atoms with van der Waals surface area (Å²) in [5.41, 5.74) is -0.127. The minimum Gasteiger partial charge on any atom is -0.374 e. The molecule has 0 aliphatic carbocycles. The zero-order valence-electron chi connectivity index (χ0n) is 19.3. The van der Waals surface area contributed by atoms with Crippen molar-refractivity contribution in [1.29, 1.82) is 0 Å². The first-order chi connectivity index (χ1) is 16.2. The molecule has 0 aromatic heterocycles. The van der Waals surface area contributed by atoms with Gasteiger partial charge in [-0.1, -0.05) is 40.5 Å². The van der Waals surface area contributed by atoms with Gasteiger partial charge in [-0.25, -0.2) is 0 Å². The summed E-state index contributed by atoms with van der Waals surface area (Å²) in [6.45, 7) is 3.75. The van der Waals surface area contributed by atoms with Gasteiger partial charge in [0.25, 0.3) is 11.5 Å². The third kappa shape index (κ3) is 6.14. The van der Waals surface area contributed by atoms with Gasteiger partial charge in [0.1, 0.15) is 0 Å². The fourth-order valence-electron chi connectivity index (χ4n) is 3.95. The summed E-state index contributed by atoms with van der Waals surface area (Å²) in [5.74, 6) is -0.507. The van der Waals surface area contributed by atoms with E-state index < -0.39 is 36.8 Å². The van der Waals surface area contributed by atoms with E-state index in [-0.39, 0.29) is 29.9 Å². The molecule has 35 heavy (non-hydrogen) atoms. The van der Waals surface area contributed by atoms with Gasteiger partial charge in [0.05, 0.1) is 12.3 Å². The Hall–Kier alpha value is -3.08. The Balaban J connectivity index is 1.73. The topological polar surface area (TPSA) is 62.7 Å². The molecule has 0 bridgehead atoms. The van der Waals surface area contributed by atoms with Crippen molar-refractivity contribution in [2.75, 3.05) is 19.6 Å². The Labute approximate surface area is 198 Å². The highest BCUT2D eigenvalue weighted by molar-refractivity contribution is 6.03. The van der Waals surface area contributed by atoms with Crippen molar-refractivity contribution in [3.8, 4) is 0 Å². The maximum atomic E-state index is 14.2. The SMILES string of the molecule is Cc1cc(C)cc(C2(C(F)(F)F)CC(c3ccc(C(=O)NCCNCC(F)(F)F)c(C)c3)=NO2)c1. The molecular weight excluding hydrogens is 476 g/mol. The van der Waals surface area contributed by atoms with Crippen LogP contribution in [0.25, 0.3) is 0 Å². The van der Waals surface area contributed by atoms with E-state index >= 15 is 0 Å². The number of carbonyl (C=O) groups is 1. The number of benzene rings is 2. The highest BCUT2D eigenvalue weighted by atomic mass is 19.4. The molecule has 190 valence electrons. The van der Waals surface area contributed by atoms with E-state index in [9.17, 15) is 31.1 Å². The van der Waals surface area contributed by atoms with Crippen molar-refractivity contribution < 1.29 is 36.0 Å². The molecule has 1 heterocycles. The van der Waals surface area contributed by atoms with Crippen LogP contribution in [0.4, 0.5) is 26.3 Å². The van der Waals surface area contributed by atoms with Crippen LogP contribution >= 0.6 is 0 Å². The van der Waals surface area contributed by atoms with Crippen molar-refractivity contribution in [2.45, 2.75) is 45.1 Å². The molecular formula is C24H25F6N3O2. The molecule has 3 rings (SSSR count). The normalized spacial score (nSPS) is 18.3. The highest BCUT2D eigenvalue weighted by Gasteiger charge is 2.62. The fraction of sp³-hybridized carbons (Fsp3) is 0.417. The van der Waals surface area contributed by atoms with Crippen molar-refractivity contribution >= 4 is 11.6 Å². The first-order valence-electron chi connectivity index (χ1n) is 10.8. The molecule has 0 saturated heterocycles. The predicted octanol–water partition coefficient (Wildman–Crippen LogP) is 5.08. The summed E-state index contributed by atoms with van der Waals surface area (Å²) in [6, 6.07) is 9.08. The van der Waals surface area contributed by atoms with Crippen LogP contribution in [0.2, 0.25) is 0 Å². The maximum Gasteiger partial charge on any atom is 0.435 e. The number of halogens is 6. The van der Waals surface area contributed by atoms with Crippen molar-refractivity contribution in [3.63, 3.8) is 0 Å². The summed E-state index contributed by atoms with van der Waals surface area (Å²) in [4.78, 5) is 17.5. The second-order valence-corrected chi connectivity index (χ2v) is 8.58. The van der Waals surface area contributed by atoms with Crippen LogP contribution in [0.5, 0.6) is 0 Å². The molecule has 0 fully saturated rings. The molecule has 0 saturated carbocycles. The average Bonchev–Trinajstić information content (AvgIpc) is 3.19. The number of alkyl halides is 6. The number of rotatable bonds is 7. The quantitative estimate of drug-likeness (QED) is 0.411. The highest BCUT2D eigenvalue weighted by Crippen LogP contribution is 2.49. The van der Waals surface area contributed by atoms with E-state index in [1.807, 2.05) is 0 Å². The second kappa shape index (κ2) is 9.88.